The molecule has 3 amide bonds. The second kappa shape index (κ2) is 9.78. The molecule has 0 aromatic carbocycles. The average Bonchev–Trinajstić information content (AvgIpc) is 2.67. The Bertz CT molecular complexity index is 447. The number of carbonyl (C=O) groups is 3. The zero-order valence-electron chi connectivity index (χ0n) is 15.8. The lowest BCUT2D eigenvalue weighted by Crippen LogP contribution is -2.50. The molecule has 0 aromatic rings. The van der Waals surface area contributed by atoms with Crippen molar-refractivity contribution < 1.29 is 14.4 Å². The van der Waals surface area contributed by atoms with Gasteiger partial charge in [-0.15, -0.1) is 0 Å². The minimum atomic E-state index is 0.0534. The summed E-state index contributed by atoms with van der Waals surface area (Å²) in [7, 11) is 0. The lowest BCUT2D eigenvalue weighted by molar-refractivity contribution is -0.143. The van der Waals surface area contributed by atoms with E-state index in [9.17, 15) is 14.4 Å². The van der Waals surface area contributed by atoms with Gasteiger partial charge in [0, 0.05) is 51.1 Å². The Morgan fingerprint density at radius 3 is 1.92 bits per heavy atom. The largest absolute Gasteiger partial charge is 0.342 e. The monoisotopic (exact) mass is 351 g/mol. The third-order valence-electron chi connectivity index (χ3n) is 5.50. The zero-order valence-corrected chi connectivity index (χ0v) is 15.8. The molecule has 1 saturated carbocycles. The van der Waals surface area contributed by atoms with Gasteiger partial charge in [0.1, 0.15) is 0 Å². The van der Waals surface area contributed by atoms with Gasteiger partial charge in [-0.05, 0) is 38.5 Å². The Morgan fingerprint density at radius 2 is 1.44 bits per heavy atom. The van der Waals surface area contributed by atoms with Gasteiger partial charge in [0.15, 0.2) is 0 Å². The molecule has 2 rings (SSSR count). The second-order valence-electron chi connectivity index (χ2n) is 7.34. The van der Waals surface area contributed by atoms with E-state index in [1.54, 1.807) is 4.90 Å². The molecule has 0 aromatic heterocycles. The Hall–Kier alpha value is -1.59. The first-order valence-corrected chi connectivity index (χ1v) is 9.87. The van der Waals surface area contributed by atoms with Crippen LogP contribution in [0.25, 0.3) is 0 Å². The molecule has 1 heterocycles. The lowest BCUT2D eigenvalue weighted by Gasteiger charge is -2.37. The van der Waals surface area contributed by atoms with Crippen LogP contribution in [0.2, 0.25) is 0 Å². The fourth-order valence-corrected chi connectivity index (χ4v) is 4.02. The molecule has 0 N–H and O–H groups in total. The van der Waals surface area contributed by atoms with E-state index >= 15 is 0 Å². The van der Waals surface area contributed by atoms with Crippen LogP contribution in [0.4, 0.5) is 0 Å². The summed E-state index contributed by atoms with van der Waals surface area (Å²) in [5, 5.41) is 0. The molecular weight excluding hydrogens is 318 g/mol. The minimum absolute atomic E-state index is 0.0534. The van der Waals surface area contributed by atoms with Gasteiger partial charge >= 0.3 is 0 Å². The fourth-order valence-electron chi connectivity index (χ4n) is 4.02. The van der Waals surface area contributed by atoms with Gasteiger partial charge in [-0.1, -0.05) is 13.8 Å². The maximum absolute atomic E-state index is 12.7. The summed E-state index contributed by atoms with van der Waals surface area (Å²) in [6.07, 6.45) is 6.13. The molecule has 1 saturated heterocycles. The molecule has 0 bridgehead atoms. The lowest BCUT2D eigenvalue weighted by atomic mass is 9.80. The quantitative estimate of drug-likeness (QED) is 0.657. The highest BCUT2D eigenvalue weighted by atomic mass is 16.2. The molecule has 0 radical (unpaired) electrons. The van der Waals surface area contributed by atoms with Crippen LogP contribution in [0.5, 0.6) is 0 Å². The molecule has 142 valence electrons. The highest BCUT2D eigenvalue weighted by Gasteiger charge is 2.34. The average molecular weight is 351 g/mol. The van der Waals surface area contributed by atoms with Crippen LogP contribution in [0.3, 0.4) is 0 Å². The van der Waals surface area contributed by atoms with E-state index in [0.29, 0.717) is 26.2 Å². The SMILES string of the molecule is CCCN(CCC)C(=O)C1CCC(C(=O)N2CCN(C=O)CC2)CC1. The smallest absolute Gasteiger partial charge is 0.225 e. The molecule has 25 heavy (non-hydrogen) atoms. The van der Waals surface area contributed by atoms with E-state index in [4.69, 9.17) is 0 Å². The summed E-state index contributed by atoms with van der Waals surface area (Å²) >= 11 is 0. The van der Waals surface area contributed by atoms with E-state index in [-0.39, 0.29) is 23.7 Å². The summed E-state index contributed by atoms with van der Waals surface area (Å²) < 4.78 is 0. The van der Waals surface area contributed by atoms with Crippen LogP contribution >= 0.6 is 0 Å². The van der Waals surface area contributed by atoms with Crippen LogP contribution in [-0.2, 0) is 14.4 Å². The molecule has 0 unspecified atom stereocenters. The minimum Gasteiger partial charge on any atom is -0.342 e. The molecule has 2 aliphatic rings. The van der Waals surface area contributed by atoms with Crippen LogP contribution in [-0.4, -0.2) is 72.2 Å². The number of amides is 3. The summed E-state index contributed by atoms with van der Waals surface area (Å²) in [5.74, 6) is 0.649. The normalized spacial score (nSPS) is 24.1. The first kappa shape index (κ1) is 19.7. The van der Waals surface area contributed by atoms with Crippen molar-refractivity contribution >= 4 is 18.2 Å². The first-order valence-electron chi connectivity index (χ1n) is 9.87. The molecule has 0 spiro atoms. The second-order valence-corrected chi connectivity index (χ2v) is 7.34. The Kier molecular flexibility index (Phi) is 7.72. The predicted octanol–water partition coefficient (Wildman–Crippen LogP) is 1.74. The van der Waals surface area contributed by atoms with Crippen LogP contribution in [0, 0.1) is 11.8 Å². The number of carbonyl (C=O) groups excluding carboxylic acids is 3. The molecule has 6 nitrogen and oxygen atoms in total. The van der Waals surface area contributed by atoms with E-state index < -0.39 is 0 Å². The van der Waals surface area contributed by atoms with Crippen molar-refractivity contribution in [2.45, 2.75) is 52.4 Å². The number of hydrogen-bond acceptors (Lipinski definition) is 3. The maximum Gasteiger partial charge on any atom is 0.225 e. The number of piperazine rings is 1. The molecule has 2 fully saturated rings. The van der Waals surface area contributed by atoms with Crippen molar-refractivity contribution in [2.24, 2.45) is 11.8 Å². The number of hydrogen-bond donors (Lipinski definition) is 0. The molecule has 0 atom stereocenters. The number of rotatable bonds is 7. The summed E-state index contributed by atoms with van der Waals surface area (Å²) in [6, 6.07) is 0. The highest BCUT2D eigenvalue weighted by Crippen LogP contribution is 2.31. The predicted molar refractivity (Wildman–Crippen MR) is 96.8 cm³/mol. The summed E-state index contributed by atoms with van der Waals surface area (Å²) in [4.78, 5) is 41.8. The standard InChI is InChI=1S/C19H33N3O3/c1-3-9-21(10-4-2)18(24)16-5-7-17(8-6-16)19(25)22-13-11-20(15-23)12-14-22/h15-17H,3-14H2,1-2H3. The zero-order chi connectivity index (χ0) is 18.2. The summed E-state index contributed by atoms with van der Waals surface area (Å²) in [5.41, 5.74) is 0. The highest BCUT2D eigenvalue weighted by molar-refractivity contribution is 5.81. The Morgan fingerprint density at radius 1 is 0.920 bits per heavy atom. The van der Waals surface area contributed by atoms with E-state index in [2.05, 4.69) is 13.8 Å². The van der Waals surface area contributed by atoms with E-state index in [0.717, 1.165) is 58.0 Å². The number of nitrogens with zero attached hydrogens (tertiary/aromatic N) is 3. The van der Waals surface area contributed by atoms with E-state index in [1.807, 2.05) is 9.80 Å². The van der Waals surface area contributed by atoms with Crippen molar-refractivity contribution in [3.8, 4) is 0 Å². The van der Waals surface area contributed by atoms with Crippen LogP contribution < -0.4 is 0 Å². The molecule has 6 heteroatoms. The van der Waals surface area contributed by atoms with Gasteiger partial charge in [-0.25, -0.2) is 0 Å². The fraction of sp³-hybridized carbons (Fsp3) is 0.842. The summed E-state index contributed by atoms with van der Waals surface area (Å²) in [6.45, 7) is 8.43. The first-order chi connectivity index (χ1) is 12.1. The van der Waals surface area contributed by atoms with Crippen molar-refractivity contribution in [3.63, 3.8) is 0 Å². The molecule has 1 aliphatic carbocycles. The Balaban J connectivity index is 1.81. The van der Waals surface area contributed by atoms with Gasteiger partial charge in [0.05, 0.1) is 0 Å². The van der Waals surface area contributed by atoms with Gasteiger partial charge in [0.2, 0.25) is 18.2 Å². The van der Waals surface area contributed by atoms with E-state index in [1.165, 1.54) is 0 Å². The van der Waals surface area contributed by atoms with Gasteiger partial charge in [-0.3, -0.25) is 14.4 Å². The van der Waals surface area contributed by atoms with Crippen LogP contribution in [0.1, 0.15) is 52.4 Å². The van der Waals surface area contributed by atoms with Gasteiger partial charge < -0.3 is 14.7 Å². The van der Waals surface area contributed by atoms with Gasteiger partial charge in [0.25, 0.3) is 0 Å². The van der Waals surface area contributed by atoms with Crippen LogP contribution in [0.15, 0.2) is 0 Å². The van der Waals surface area contributed by atoms with Crippen molar-refractivity contribution in [1.82, 2.24) is 14.7 Å². The van der Waals surface area contributed by atoms with Crippen molar-refractivity contribution in [2.75, 3.05) is 39.3 Å². The molecular formula is C19H33N3O3. The Labute approximate surface area is 151 Å². The maximum atomic E-state index is 12.7. The molecule has 1 aliphatic heterocycles. The third-order valence-corrected chi connectivity index (χ3v) is 5.50. The van der Waals surface area contributed by atoms with Crippen molar-refractivity contribution in [3.05, 3.63) is 0 Å². The van der Waals surface area contributed by atoms with Crippen molar-refractivity contribution in [1.29, 1.82) is 0 Å². The third kappa shape index (κ3) is 5.19. The topological polar surface area (TPSA) is 60.9 Å². The van der Waals surface area contributed by atoms with Gasteiger partial charge in [-0.2, -0.15) is 0 Å².